The van der Waals surface area contributed by atoms with Crippen molar-refractivity contribution in [2.24, 2.45) is 0 Å². The summed E-state index contributed by atoms with van der Waals surface area (Å²) in [6, 6.07) is 0. The van der Waals surface area contributed by atoms with E-state index in [1.54, 1.807) is 0 Å². The molecule has 0 N–H and O–H groups in total. The van der Waals surface area contributed by atoms with Crippen LogP contribution < -0.4 is 0 Å². The van der Waals surface area contributed by atoms with Crippen molar-refractivity contribution in [3.8, 4) is 0 Å². The van der Waals surface area contributed by atoms with Crippen molar-refractivity contribution in [2.45, 2.75) is 84.0 Å². The first-order valence-electron chi connectivity index (χ1n) is 6.71. The molecule has 0 nitrogen and oxygen atoms in total. The molecule has 0 aromatic heterocycles. The molecule has 0 aliphatic heterocycles. The van der Waals surface area contributed by atoms with Gasteiger partial charge >= 0.3 is 19.8 Å². The predicted octanol–water partition coefficient (Wildman–Crippen LogP) is 5.52. The van der Waals surface area contributed by atoms with E-state index in [1.165, 1.54) is 70.6 Å². The van der Waals surface area contributed by atoms with Crippen molar-refractivity contribution >= 4 is 0 Å². The third-order valence-electron chi connectivity index (χ3n) is 2.85. The zero-order valence-electron chi connectivity index (χ0n) is 10.5. The summed E-state index contributed by atoms with van der Waals surface area (Å²) in [7, 11) is 0. The van der Waals surface area contributed by atoms with Crippen LogP contribution >= 0.6 is 0 Å². The van der Waals surface area contributed by atoms with Crippen molar-refractivity contribution in [1.29, 1.82) is 0 Å². The molecule has 0 aliphatic carbocycles. The summed E-state index contributed by atoms with van der Waals surface area (Å²) >= 11 is 0. The van der Waals surface area contributed by atoms with E-state index < -0.39 is 0 Å². The van der Waals surface area contributed by atoms with Gasteiger partial charge in [0.2, 0.25) is 0 Å². The van der Waals surface area contributed by atoms with Gasteiger partial charge in [-0.1, -0.05) is 77.6 Å². The summed E-state index contributed by atoms with van der Waals surface area (Å²) in [5, 5.41) is 0. The Bertz CT molecular complexity index is 79.3. The van der Waals surface area contributed by atoms with Crippen LogP contribution in [0.5, 0.6) is 0 Å². The van der Waals surface area contributed by atoms with Gasteiger partial charge in [-0.3, -0.25) is 0 Å². The van der Waals surface area contributed by atoms with Crippen LogP contribution in [0.25, 0.3) is 0 Å². The van der Waals surface area contributed by atoms with Crippen LogP contribution in [-0.2, 0) is 19.8 Å². The summed E-state index contributed by atoms with van der Waals surface area (Å²) in [5.74, 6) is 0. The van der Waals surface area contributed by atoms with Gasteiger partial charge in [-0.15, -0.1) is 0 Å². The van der Waals surface area contributed by atoms with Crippen LogP contribution in [0.1, 0.15) is 84.0 Å². The zero-order chi connectivity index (χ0) is 10.5. The average molecular weight is 388 g/mol. The van der Waals surface area contributed by atoms with Crippen LogP contribution in [0.4, 0.5) is 0 Å². The van der Waals surface area contributed by atoms with Gasteiger partial charge in [-0.2, -0.15) is 6.42 Å². The number of unbranched alkanes of at least 4 members (excludes halogenated alkanes) is 11. The molecule has 0 aromatic carbocycles. The molecule has 0 rings (SSSR count). The fourth-order valence-electron chi connectivity index (χ4n) is 1.84. The van der Waals surface area contributed by atoms with E-state index in [-0.39, 0.29) is 19.8 Å². The van der Waals surface area contributed by atoms with E-state index >= 15 is 0 Å². The SMILES string of the molecule is [CH2-]CCCCCCCCCCCCC.[Os+]. The van der Waals surface area contributed by atoms with Gasteiger partial charge in [-0.05, 0) is 0 Å². The van der Waals surface area contributed by atoms with Crippen LogP contribution in [0.3, 0.4) is 0 Å². The van der Waals surface area contributed by atoms with E-state index in [4.69, 9.17) is 0 Å². The van der Waals surface area contributed by atoms with Gasteiger partial charge in [0.25, 0.3) is 0 Å². The Morgan fingerprint density at radius 1 is 0.600 bits per heavy atom. The van der Waals surface area contributed by atoms with Crippen LogP contribution in [-0.4, -0.2) is 0 Å². The largest absolute Gasteiger partial charge is 1.00 e. The monoisotopic (exact) mass is 389 g/mol. The second-order valence-corrected chi connectivity index (χ2v) is 4.39. The Morgan fingerprint density at radius 2 is 0.933 bits per heavy atom. The molecule has 0 bridgehead atoms. The molecule has 0 atom stereocenters. The standard InChI is InChI=1S/C14H29.Os/c1-3-5-7-9-11-13-14-12-10-8-6-4-2;/h1,3-14H2,2H3;/q-1;+1. The molecule has 0 saturated heterocycles. The Kier molecular flexibility index (Phi) is 20.5. The minimum atomic E-state index is 0. The van der Waals surface area contributed by atoms with Crippen LogP contribution in [0.2, 0.25) is 0 Å². The predicted molar refractivity (Wildman–Crippen MR) is 66.4 cm³/mol. The molecule has 93 valence electrons. The second-order valence-electron chi connectivity index (χ2n) is 4.39. The number of hydrogen-bond donors (Lipinski definition) is 0. The van der Waals surface area contributed by atoms with E-state index in [9.17, 15) is 0 Å². The molecule has 1 heteroatoms. The van der Waals surface area contributed by atoms with Crippen molar-refractivity contribution in [2.75, 3.05) is 0 Å². The van der Waals surface area contributed by atoms with Gasteiger partial charge < -0.3 is 6.92 Å². The Balaban J connectivity index is 0. The van der Waals surface area contributed by atoms with E-state index in [0.29, 0.717) is 0 Å². The summed E-state index contributed by atoms with van der Waals surface area (Å²) in [5.41, 5.74) is 0. The smallest absolute Gasteiger partial charge is 0.343 e. The van der Waals surface area contributed by atoms with Crippen molar-refractivity contribution in [1.82, 2.24) is 0 Å². The van der Waals surface area contributed by atoms with Crippen molar-refractivity contribution < 1.29 is 19.8 Å². The second kappa shape index (κ2) is 17.0. The summed E-state index contributed by atoms with van der Waals surface area (Å²) < 4.78 is 0. The molecule has 0 fully saturated rings. The molecular weight excluding hydrogens is 358 g/mol. The minimum Gasteiger partial charge on any atom is -0.343 e. The van der Waals surface area contributed by atoms with Gasteiger partial charge in [0.1, 0.15) is 0 Å². The molecule has 0 saturated carbocycles. The maximum atomic E-state index is 3.86. The third-order valence-corrected chi connectivity index (χ3v) is 2.85. The minimum absolute atomic E-state index is 0. The summed E-state index contributed by atoms with van der Waals surface area (Å²) in [6.07, 6.45) is 16.9. The van der Waals surface area contributed by atoms with E-state index in [1.807, 2.05) is 0 Å². The first-order chi connectivity index (χ1) is 6.91. The van der Waals surface area contributed by atoms with E-state index in [0.717, 1.165) is 6.42 Å². The van der Waals surface area contributed by atoms with E-state index in [2.05, 4.69) is 13.8 Å². The third kappa shape index (κ3) is 17.3. The Labute approximate surface area is 111 Å². The molecular formula is C14H29Os. The molecule has 1 radical (unpaired) electrons. The zero-order valence-corrected chi connectivity index (χ0v) is 13.1. The van der Waals surface area contributed by atoms with Crippen LogP contribution in [0, 0.1) is 6.92 Å². The molecule has 0 heterocycles. The van der Waals surface area contributed by atoms with Crippen molar-refractivity contribution in [3.05, 3.63) is 6.92 Å². The van der Waals surface area contributed by atoms with Gasteiger partial charge in [0, 0.05) is 0 Å². The molecule has 0 amide bonds. The average Bonchev–Trinajstić information content (AvgIpc) is 2.21. The van der Waals surface area contributed by atoms with Crippen molar-refractivity contribution in [3.63, 3.8) is 0 Å². The van der Waals surface area contributed by atoms with Gasteiger partial charge in [0.15, 0.2) is 0 Å². The summed E-state index contributed by atoms with van der Waals surface area (Å²) in [6.45, 7) is 6.14. The van der Waals surface area contributed by atoms with Gasteiger partial charge in [0.05, 0.1) is 0 Å². The van der Waals surface area contributed by atoms with Crippen LogP contribution in [0.15, 0.2) is 0 Å². The first-order valence-corrected chi connectivity index (χ1v) is 6.71. The maximum absolute atomic E-state index is 3.86. The molecule has 0 unspecified atom stereocenters. The number of rotatable bonds is 11. The molecule has 0 spiro atoms. The fraction of sp³-hybridized carbons (Fsp3) is 0.929. The first kappa shape index (κ1) is 18.0. The topological polar surface area (TPSA) is 0 Å². The number of hydrogen-bond acceptors (Lipinski definition) is 0. The Hall–Kier alpha value is 0.636. The normalized spacial score (nSPS) is 10.0. The quantitative estimate of drug-likeness (QED) is 0.323. The maximum Gasteiger partial charge on any atom is 1.00 e. The Morgan fingerprint density at radius 3 is 1.27 bits per heavy atom. The molecule has 0 aromatic rings. The molecule has 15 heavy (non-hydrogen) atoms. The van der Waals surface area contributed by atoms with Gasteiger partial charge in [-0.25, -0.2) is 0 Å². The fourth-order valence-corrected chi connectivity index (χ4v) is 1.84. The summed E-state index contributed by atoms with van der Waals surface area (Å²) in [4.78, 5) is 0. The molecule has 0 aliphatic rings.